The number of hydrogen-bond acceptors (Lipinski definition) is 5. The molecule has 0 spiro atoms. The molecule has 2 aromatic heterocycles. The number of nitro groups is 1. The van der Waals surface area contributed by atoms with Crippen molar-refractivity contribution in [2.75, 3.05) is 11.9 Å². The second kappa shape index (κ2) is 5.53. The molecule has 0 saturated heterocycles. The van der Waals surface area contributed by atoms with Gasteiger partial charge in [-0.05, 0) is 23.8 Å². The molecular weight excluding hydrogens is 288 g/mol. The van der Waals surface area contributed by atoms with Crippen LogP contribution in [0.2, 0.25) is 0 Å². The van der Waals surface area contributed by atoms with E-state index in [4.69, 9.17) is 0 Å². The third kappa shape index (κ3) is 2.73. The lowest BCUT2D eigenvalue weighted by Crippen LogP contribution is -2.07. The second-order valence-corrected chi connectivity index (χ2v) is 5.64. The van der Waals surface area contributed by atoms with Gasteiger partial charge in [-0.2, -0.15) is 9.38 Å². The van der Waals surface area contributed by atoms with Gasteiger partial charge in [0, 0.05) is 11.9 Å². The fourth-order valence-electron chi connectivity index (χ4n) is 2.26. The highest BCUT2D eigenvalue weighted by molar-refractivity contribution is 7.15. The van der Waals surface area contributed by atoms with Crippen molar-refractivity contribution in [2.45, 2.75) is 13.3 Å². The Labute approximate surface area is 125 Å². The molecule has 0 unspecified atom stereocenters. The molecule has 1 N–H and O–H groups in total. The largest absolute Gasteiger partial charge is 0.372 e. The van der Waals surface area contributed by atoms with Gasteiger partial charge in [0.25, 0.3) is 4.96 Å². The predicted molar refractivity (Wildman–Crippen MR) is 83.1 cm³/mol. The molecule has 2 heterocycles. The highest BCUT2D eigenvalue weighted by Gasteiger charge is 2.22. The van der Waals surface area contributed by atoms with E-state index in [0.29, 0.717) is 17.3 Å². The second-order valence-electron chi connectivity index (χ2n) is 4.76. The van der Waals surface area contributed by atoms with E-state index in [9.17, 15) is 10.1 Å². The summed E-state index contributed by atoms with van der Waals surface area (Å²) in [6.07, 6.45) is 2.46. The molecule has 0 aliphatic rings. The molecule has 0 aliphatic carbocycles. The Morgan fingerprint density at radius 2 is 2.33 bits per heavy atom. The highest BCUT2D eigenvalue weighted by Crippen LogP contribution is 2.27. The van der Waals surface area contributed by atoms with E-state index in [1.807, 2.05) is 19.1 Å². The predicted octanol–water partition coefficient (Wildman–Crippen LogP) is 3.27. The Hall–Kier alpha value is -2.41. The number of benzene rings is 1. The topological polar surface area (TPSA) is 72.5 Å². The van der Waals surface area contributed by atoms with Gasteiger partial charge in [-0.3, -0.25) is 0 Å². The monoisotopic (exact) mass is 302 g/mol. The Morgan fingerprint density at radius 3 is 3.10 bits per heavy atom. The van der Waals surface area contributed by atoms with Crippen LogP contribution in [0.4, 0.5) is 11.6 Å². The fraction of sp³-hybridized carbons (Fsp3) is 0.214. The first kappa shape index (κ1) is 13.6. The summed E-state index contributed by atoms with van der Waals surface area (Å²) in [5.74, 6) is 0.329. The maximum atomic E-state index is 11.2. The Balaban J connectivity index is 1.74. The maximum absolute atomic E-state index is 11.2. The van der Waals surface area contributed by atoms with Crippen LogP contribution in [0.25, 0.3) is 4.96 Å². The summed E-state index contributed by atoms with van der Waals surface area (Å²) in [7, 11) is 0. The standard InChI is InChI=1S/C14H14N4O2S/c1-10-3-2-4-11(9-10)5-6-15-12-13(18(19)20)17-7-8-21-14(17)16-12/h2-4,7-9,15H,5-6H2,1H3. The average molecular weight is 302 g/mol. The summed E-state index contributed by atoms with van der Waals surface area (Å²) >= 11 is 1.38. The van der Waals surface area contributed by atoms with Gasteiger partial charge in [0.15, 0.2) is 0 Å². The van der Waals surface area contributed by atoms with Gasteiger partial charge in [-0.1, -0.05) is 41.2 Å². The third-order valence-corrected chi connectivity index (χ3v) is 3.96. The Bertz CT molecular complexity index is 793. The van der Waals surface area contributed by atoms with Crippen LogP contribution in [0.1, 0.15) is 11.1 Å². The van der Waals surface area contributed by atoms with Crippen LogP contribution >= 0.6 is 11.3 Å². The molecule has 1 aromatic carbocycles. The van der Waals surface area contributed by atoms with Gasteiger partial charge in [0.1, 0.15) is 6.20 Å². The lowest BCUT2D eigenvalue weighted by molar-refractivity contribution is -0.389. The van der Waals surface area contributed by atoms with Gasteiger partial charge < -0.3 is 15.4 Å². The molecule has 108 valence electrons. The zero-order valence-corrected chi connectivity index (χ0v) is 12.3. The Kier molecular flexibility index (Phi) is 3.57. The van der Waals surface area contributed by atoms with Crippen molar-refractivity contribution in [1.29, 1.82) is 0 Å². The van der Waals surface area contributed by atoms with Crippen LogP contribution in [0, 0.1) is 17.0 Å². The molecule has 21 heavy (non-hydrogen) atoms. The summed E-state index contributed by atoms with van der Waals surface area (Å²) in [4.78, 5) is 15.7. The first-order valence-corrected chi connectivity index (χ1v) is 7.42. The molecule has 0 saturated carbocycles. The first-order chi connectivity index (χ1) is 10.1. The lowest BCUT2D eigenvalue weighted by atomic mass is 10.1. The minimum Gasteiger partial charge on any atom is -0.363 e. The summed E-state index contributed by atoms with van der Waals surface area (Å²) in [6, 6.07) is 8.22. The van der Waals surface area contributed by atoms with Gasteiger partial charge >= 0.3 is 5.82 Å². The molecule has 3 aromatic rings. The van der Waals surface area contributed by atoms with E-state index < -0.39 is 4.92 Å². The van der Waals surface area contributed by atoms with Crippen LogP contribution in [0.5, 0.6) is 0 Å². The van der Waals surface area contributed by atoms with Gasteiger partial charge in [-0.15, -0.1) is 0 Å². The molecule has 0 fully saturated rings. The molecule has 0 bridgehead atoms. The number of rotatable bonds is 5. The summed E-state index contributed by atoms with van der Waals surface area (Å²) in [5.41, 5.74) is 2.41. The lowest BCUT2D eigenvalue weighted by Gasteiger charge is -2.04. The van der Waals surface area contributed by atoms with Crippen molar-refractivity contribution in [3.05, 3.63) is 57.1 Å². The van der Waals surface area contributed by atoms with E-state index in [-0.39, 0.29) is 5.82 Å². The number of imidazole rings is 1. The molecule has 6 nitrogen and oxygen atoms in total. The number of nitrogens with one attached hydrogen (secondary N) is 1. The van der Waals surface area contributed by atoms with Crippen molar-refractivity contribution in [1.82, 2.24) is 9.38 Å². The van der Waals surface area contributed by atoms with Crippen molar-refractivity contribution >= 4 is 27.9 Å². The number of anilines is 1. The van der Waals surface area contributed by atoms with Crippen molar-refractivity contribution in [3.8, 4) is 0 Å². The third-order valence-electron chi connectivity index (χ3n) is 3.20. The molecule has 0 amide bonds. The zero-order chi connectivity index (χ0) is 14.8. The molecule has 3 rings (SSSR count). The van der Waals surface area contributed by atoms with E-state index >= 15 is 0 Å². The smallest absolute Gasteiger partial charge is 0.363 e. The zero-order valence-electron chi connectivity index (χ0n) is 11.4. The van der Waals surface area contributed by atoms with Crippen molar-refractivity contribution in [3.63, 3.8) is 0 Å². The molecule has 0 radical (unpaired) electrons. The summed E-state index contributed by atoms with van der Waals surface area (Å²) in [5, 5.41) is 16.0. The SMILES string of the molecule is Cc1cccc(CCNc2nc3sccn3c2[N+](=O)[O-])c1. The fourth-order valence-corrected chi connectivity index (χ4v) is 2.97. The number of aryl methyl sites for hydroxylation is 1. The summed E-state index contributed by atoms with van der Waals surface area (Å²) in [6.45, 7) is 2.65. The number of nitrogens with zero attached hydrogens (tertiary/aromatic N) is 3. The first-order valence-electron chi connectivity index (χ1n) is 6.54. The van der Waals surface area contributed by atoms with Gasteiger partial charge in [-0.25, -0.2) is 0 Å². The van der Waals surface area contributed by atoms with Crippen molar-refractivity contribution < 1.29 is 4.92 Å². The van der Waals surface area contributed by atoms with E-state index in [0.717, 1.165) is 6.42 Å². The van der Waals surface area contributed by atoms with E-state index in [1.165, 1.54) is 26.9 Å². The van der Waals surface area contributed by atoms with E-state index in [2.05, 4.69) is 22.4 Å². The number of fused-ring (bicyclic) bond motifs is 1. The van der Waals surface area contributed by atoms with Crippen LogP contribution < -0.4 is 5.32 Å². The molecule has 0 aliphatic heterocycles. The van der Waals surface area contributed by atoms with Crippen LogP contribution in [-0.2, 0) is 6.42 Å². The normalized spacial score (nSPS) is 10.9. The maximum Gasteiger partial charge on any atom is 0.372 e. The van der Waals surface area contributed by atoms with Crippen LogP contribution in [-0.4, -0.2) is 20.9 Å². The highest BCUT2D eigenvalue weighted by atomic mass is 32.1. The minimum atomic E-state index is -0.401. The van der Waals surface area contributed by atoms with Gasteiger partial charge in [0.2, 0.25) is 5.82 Å². The number of thiazole rings is 1. The average Bonchev–Trinajstić information content (AvgIpc) is 2.98. The van der Waals surface area contributed by atoms with Crippen LogP contribution in [0.15, 0.2) is 35.8 Å². The van der Waals surface area contributed by atoms with Crippen molar-refractivity contribution in [2.24, 2.45) is 0 Å². The number of hydrogen-bond donors (Lipinski definition) is 1. The van der Waals surface area contributed by atoms with Crippen LogP contribution in [0.3, 0.4) is 0 Å². The Morgan fingerprint density at radius 1 is 1.48 bits per heavy atom. The number of aromatic nitrogens is 2. The van der Waals surface area contributed by atoms with E-state index in [1.54, 1.807) is 11.6 Å². The quantitative estimate of drug-likeness (QED) is 0.580. The molecule has 0 atom stereocenters. The molecular formula is C14H14N4O2S. The summed E-state index contributed by atoms with van der Waals surface area (Å²) < 4.78 is 1.50. The minimum absolute atomic E-state index is 0.00417. The molecule has 7 heteroatoms. The van der Waals surface area contributed by atoms with Gasteiger partial charge in [0.05, 0.1) is 0 Å².